The monoisotopic (exact) mass is 263 g/mol. The molecule has 0 bridgehead atoms. The summed E-state index contributed by atoms with van der Waals surface area (Å²) >= 11 is 0. The van der Waals surface area contributed by atoms with Gasteiger partial charge in [0.05, 0.1) is 0 Å². The van der Waals surface area contributed by atoms with Crippen molar-refractivity contribution in [2.75, 3.05) is 0 Å². The molecule has 18 heavy (non-hydrogen) atoms. The second-order valence-corrected chi connectivity index (χ2v) is 4.36. The Bertz CT molecular complexity index is 457. The van der Waals surface area contributed by atoms with Crippen molar-refractivity contribution in [2.24, 2.45) is 0 Å². The first-order valence-corrected chi connectivity index (χ1v) is 5.02. The molecule has 4 nitrogen and oxygen atoms in total. The summed E-state index contributed by atoms with van der Waals surface area (Å²) in [6, 6.07) is 2.38. The number of alkyl halides is 3. The standard InChI is InChI=1S/C11H12F3NO3/c1-10(2,8(16)9(17)18)6-4-3-5-15-7(6)11(12,13)14/h3-5,8,16H,1-2H3,(H,17,18). The lowest BCUT2D eigenvalue weighted by Gasteiger charge is -2.30. The molecule has 1 aromatic rings. The quantitative estimate of drug-likeness (QED) is 0.872. The van der Waals surface area contributed by atoms with Crippen LogP contribution in [-0.4, -0.2) is 27.3 Å². The molecule has 0 fully saturated rings. The zero-order valence-electron chi connectivity index (χ0n) is 9.69. The maximum atomic E-state index is 12.8. The fraction of sp³-hybridized carbons (Fsp3) is 0.455. The van der Waals surface area contributed by atoms with E-state index < -0.39 is 29.4 Å². The number of aliphatic carboxylic acids is 1. The summed E-state index contributed by atoms with van der Waals surface area (Å²) in [6.07, 6.45) is -5.69. The largest absolute Gasteiger partial charge is 0.479 e. The minimum Gasteiger partial charge on any atom is -0.479 e. The van der Waals surface area contributed by atoms with Gasteiger partial charge in [-0.1, -0.05) is 19.9 Å². The van der Waals surface area contributed by atoms with Crippen molar-refractivity contribution in [3.8, 4) is 0 Å². The number of carbonyl (C=O) groups is 1. The van der Waals surface area contributed by atoms with E-state index >= 15 is 0 Å². The lowest BCUT2D eigenvalue weighted by atomic mass is 9.78. The van der Waals surface area contributed by atoms with E-state index in [0.29, 0.717) is 0 Å². The molecule has 0 aromatic carbocycles. The highest BCUT2D eigenvalue weighted by Gasteiger charge is 2.43. The highest BCUT2D eigenvalue weighted by Crippen LogP contribution is 2.37. The normalized spacial score (nSPS) is 14.3. The average Bonchev–Trinajstić information content (AvgIpc) is 2.26. The van der Waals surface area contributed by atoms with Crippen LogP contribution in [0.4, 0.5) is 13.2 Å². The molecular formula is C11H12F3NO3. The molecule has 0 aliphatic carbocycles. The van der Waals surface area contributed by atoms with Crippen molar-refractivity contribution in [1.29, 1.82) is 0 Å². The predicted octanol–water partition coefficient (Wildman–Crippen LogP) is 1.82. The molecule has 7 heteroatoms. The van der Waals surface area contributed by atoms with Crippen LogP contribution >= 0.6 is 0 Å². The summed E-state index contributed by atoms with van der Waals surface area (Å²) in [7, 11) is 0. The van der Waals surface area contributed by atoms with Gasteiger partial charge in [-0.15, -0.1) is 0 Å². The third-order valence-electron chi connectivity index (χ3n) is 2.69. The van der Waals surface area contributed by atoms with Gasteiger partial charge in [0.2, 0.25) is 0 Å². The lowest BCUT2D eigenvalue weighted by Crippen LogP contribution is -2.41. The van der Waals surface area contributed by atoms with Gasteiger partial charge in [0, 0.05) is 11.6 Å². The van der Waals surface area contributed by atoms with Crippen LogP contribution in [-0.2, 0) is 16.4 Å². The Balaban J connectivity index is 3.37. The number of hydrogen-bond acceptors (Lipinski definition) is 3. The van der Waals surface area contributed by atoms with Gasteiger partial charge >= 0.3 is 12.1 Å². The number of rotatable bonds is 3. The molecule has 1 unspecified atom stereocenters. The van der Waals surface area contributed by atoms with Crippen LogP contribution in [0.25, 0.3) is 0 Å². The molecule has 100 valence electrons. The second-order valence-electron chi connectivity index (χ2n) is 4.36. The van der Waals surface area contributed by atoms with Crippen LogP contribution < -0.4 is 0 Å². The molecule has 0 aliphatic heterocycles. The molecule has 1 rings (SSSR count). The van der Waals surface area contributed by atoms with E-state index in [1.54, 1.807) is 0 Å². The number of aliphatic hydroxyl groups excluding tert-OH is 1. The molecule has 1 heterocycles. The summed E-state index contributed by atoms with van der Waals surface area (Å²) in [5, 5.41) is 18.2. The van der Waals surface area contributed by atoms with Crippen molar-refractivity contribution >= 4 is 5.97 Å². The Hall–Kier alpha value is -1.63. The molecular weight excluding hydrogens is 251 g/mol. The van der Waals surface area contributed by atoms with Gasteiger partial charge in [-0.2, -0.15) is 13.2 Å². The topological polar surface area (TPSA) is 70.4 Å². The maximum absolute atomic E-state index is 12.8. The molecule has 2 N–H and O–H groups in total. The third-order valence-corrected chi connectivity index (χ3v) is 2.69. The molecule has 0 saturated heterocycles. The predicted molar refractivity (Wildman–Crippen MR) is 55.9 cm³/mol. The van der Waals surface area contributed by atoms with Gasteiger partial charge in [0.15, 0.2) is 6.10 Å². The number of nitrogens with zero attached hydrogens (tertiary/aromatic N) is 1. The molecule has 0 saturated carbocycles. The number of hydrogen-bond donors (Lipinski definition) is 2. The van der Waals surface area contributed by atoms with Crippen molar-refractivity contribution in [2.45, 2.75) is 31.5 Å². The molecule has 0 amide bonds. The van der Waals surface area contributed by atoms with Gasteiger partial charge in [-0.25, -0.2) is 4.79 Å². The van der Waals surface area contributed by atoms with E-state index in [1.807, 2.05) is 0 Å². The number of pyridine rings is 1. The Kier molecular flexibility index (Phi) is 3.66. The SMILES string of the molecule is CC(C)(c1cccnc1C(F)(F)F)C(O)C(=O)O. The van der Waals surface area contributed by atoms with E-state index in [2.05, 4.69) is 4.98 Å². The Labute approximate surface area is 101 Å². The molecule has 1 atom stereocenters. The van der Waals surface area contributed by atoms with Crippen LogP contribution in [0.15, 0.2) is 18.3 Å². The van der Waals surface area contributed by atoms with Gasteiger partial charge in [-0.3, -0.25) is 4.98 Å². The van der Waals surface area contributed by atoms with E-state index in [1.165, 1.54) is 19.9 Å². The first-order chi connectivity index (χ1) is 8.08. The second kappa shape index (κ2) is 4.56. The number of aromatic nitrogens is 1. The summed E-state index contributed by atoms with van der Waals surface area (Å²) in [5.41, 5.74) is -3.15. The van der Waals surface area contributed by atoms with Crippen molar-refractivity contribution in [3.05, 3.63) is 29.6 Å². The maximum Gasteiger partial charge on any atom is 0.433 e. The molecule has 0 aliphatic rings. The van der Waals surface area contributed by atoms with Crippen molar-refractivity contribution in [1.82, 2.24) is 4.98 Å². The highest BCUT2D eigenvalue weighted by molar-refractivity contribution is 5.74. The minimum absolute atomic E-state index is 0.354. The molecule has 0 spiro atoms. The van der Waals surface area contributed by atoms with Crippen LogP contribution in [0, 0.1) is 0 Å². The fourth-order valence-electron chi connectivity index (χ4n) is 1.61. The van der Waals surface area contributed by atoms with Crippen LogP contribution in [0.1, 0.15) is 25.1 Å². The lowest BCUT2D eigenvalue weighted by molar-refractivity contribution is -0.152. The van der Waals surface area contributed by atoms with E-state index in [-0.39, 0.29) is 5.56 Å². The number of aliphatic hydroxyl groups is 1. The average molecular weight is 263 g/mol. The zero-order valence-corrected chi connectivity index (χ0v) is 9.69. The summed E-state index contributed by atoms with van der Waals surface area (Å²) < 4.78 is 38.3. The Morgan fingerprint density at radius 3 is 2.39 bits per heavy atom. The van der Waals surface area contributed by atoms with Crippen LogP contribution in [0.3, 0.4) is 0 Å². The Morgan fingerprint density at radius 2 is 1.94 bits per heavy atom. The summed E-state index contributed by atoms with van der Waals surface area (Å²) in [6.45, 7) is 2.44. The first-order valence-electron chi connectivity index (χ1n) is 5.02. The first kappa shape index (κ1) is 14.4. The van der Waals surface area contributed by atoms with Crippen LogP contribution in [0.5, 0.6) is 0 Å². The summed E-state index contributed by atoms with van der Waals surface area (Å²) in [5.74, 6) is -1.59. The van der Waals surface area contributed by atoms with E-state index in [0.717, 1.165) is 12.3 Å². The number of halogens is 3. The molecule has 0 radical (unpaired) electrons. The summed E-state index contributed by atoms with van der Waals surface area (Å²) in [4.78, 5) is 14.0. The molecule has 1 aromatic heterocycles. The van der Waals surface area contributed by atoms with Crippen LogP contribution in [0.2, 0.25) is 0 Å². The number of carboxylic acid groups (broad SMARTS) is 1. The van der Waals surface area contributed by atoms with Gasteiger partial charge in [0.25, 0.3) is 0 Å². The highest BCUT2D eigenvalue weighted by atomic mass is 19.4. The fourth-order valence-corrected chi connectivity index (χ4v) is 1.61. The van der Waals surface area contributed by atoms with E-state index in [4.69, 9.17) is 5.11 Å². The van der Waals surface area contributed by atoms with Gasteiger partial charge < -0.3 is 10.2 Å². The minimum atomic E-state index is -4.70. The van der Waals surface area contributed by atoms with Gasteiger partial charge in [-0.05, 0) is 11.6 Å². The smallest absolute Gasteiger partial charge is 0.433 e. The Morgan fingerprint density at radius 1 is 1.39 bits per heavy atom. The van der Waals surface area contributed by atoms with Gasteiger partial charge in [0.1, 0.15) is 5.69 Å². The zero-order chi connectivity index (χ0) is 14.1. The van der Waals surface area contributed by atoms with Crippen molar-refractivity contribution < 1.29 is 28.2 Å². The van der Waals surface area contributed by atoms with Crippen molar-refractivity contribution in [3.63, 3.8) is 0 Å². The third kappa shape index (κ3) is 2.61. The van der Waals surface area contributed by atoms with E-state index in [9.17, 15) is 23.1 Å². The number of carboxylic acids is 1.